The van der Waals surface area contributed by atoms with Gasteiger partial charge in [-0.1, -0.05) is 13.8 Å². The zero-order chi connectivity index (χ0) is 6.65. The van der Waals surface area contributed by atoms with Gasteiger partial charge in [0.25, 0.3) is 0 Å². The molecule has 0 heterocycles. The summed E-state index contributed by atoms with van der Waals surface area (Å²) in [5.41, 5.74) is 6.56. The minimum absolute atomic E-state index is 0.508. The normalized spacial score (nSPS) is 63.7. The van der Waals surface area contributed by atoms with E-state index in [-0.39, 0.29) is 0 Å². The summed E-state index contributed by atoms with van der Waals surface area (Å²) in [6.07, 6.45) is 2.72. The van der Waals surface area contributed by atoms with Crippen LogP contribution in [0.2, 0.25) is 0 Å². The fourth-order valence-electron chi connectivity index (χ4n) is 2.52. The van der Waals surface area contributed by atoms with Crippen LogP contribution in [-0.4, -0.2) is 6.04 Å². The lowest BCUT2D eigenvalue weighted by atomic mass is 10.0. The van der Waals surface area contributed by atoms with Gasteiger partial charge in [-0.3, -0.25) is 0 Å². The SMILES string of the molecule is CC1C(N)CC2(C)CC12. The Morgan fingerprint density at radius 2 is 2.11 bits per heavy atom. The summed E-state index contributed by atoms with van der Waals surface area (Å²) in [6.45, 7) is 4.68. The van der Waals surface area contributed by atoms with Crippen molar-refractivity contribution >= 4 is 0 Å². The number of hydrogen-bond acceptors (Lipinski definition) is 1. The van der Waals surface area contributed by atoms with Crippen molar-refractivity contribution in [2.75, 3.05) is 0 Å². The van der Waals surface area contributed by atoms with Gasteiger partial charge in [0.2, 0.25) is 0 Å². The minimum Gasteiger partial charge on any atom is -0.327 e. The van der Waals surface area contributed by atoms with Crippen LogP contribution in [0.1, 0.15) is 26.7 Å². The van der Waals surface area contributed by atoms with Crippen LogP contribution in [0.15, 0.2) is 0 Å². The summed E-state index contributed by atoms with van der Waals surface area (Å²) in [4.78, 5) is 0. The molecule has 2 aliphatic rings. The van der Waals surface area contributed by atoms with E-state index in [4.69, 9.17) is 5.73 Å². The van der Waals surface area contributed by atoms with Gasteiger partial charge in [-0.25, -0.2) is 0 Å². The van der Waals surface area contributed by atoms with E-state index in [1.54, 1.807) is 0 Å². The van der Waals surface area contributed by atoms with E-state index >= 15 is 0 Å². The van der Waals surface area contributed by atoms with E-state index in [9.17, 15) is 0 Å². The highest BCUT2D eigenvalue weighted by Crippen LogP contribution is 2.64. The molecule has 9 heavy (non-hydrogen) atoms. The predicted molar refractivity (Wildman–Crippen MR) is 38.0 cm³/mol. The number of nitrogens with two attached hydrogens (primary N) is 1. The maximum Gasteiger partial charge on any atom is 0.00726 e. The molecule has 0 aromatic heterocycles. The highest BCUT2D eigenvalue weighted by atomic mass is 14.8. The lowest BCUT2D eigenvalue weighted by molar-refractivity contribution is 0.453. The highest BCUT2D eigenvalue weighted by Gasteiger charge is 2.59. The van der Waals surface area contributed by atoms with Crippen LogP contribution in [0.25, 0.3) is 0 Å². The average molecular weight is 125 g/mol. The second-order valence-electron chi connectivity index (χ2n) is 4.19. The van der Waals surface area contributed by atoms with Gasteiger partial charge in [0.15, 0.2) is 0 Å². The Balaban J connectivity index is 2.15. The van der Waals surface area contributed by atoms with Gasteiger partial charge in [0, 0.05) is 6.04 Å². The molecule has 2 rings (SSSR count). The molecule has 4 unspecified atom stereocenters. The van der Waals surface area contributed by atoms with E-state index in [1.165, 1.54) is 12.8 Å². The van der Waals surface area contributed by atoms with Crippen LogP contribution in [0.4, 0.5) is 0 Å². The quantitative estimate of drug-likeness (QED) is 0.520. The molecular formula is C8H15N. The van der Waals surface area contributed by atoms with Gasteiger partial charge in [0.1, 0.15) is 0 Å². The first-order chi connectivity index (χ1) is 4.13. The van der Waals surface area contributed by atoms with Crippen LogP contribution < -0.4 is 5.73 Å². The monoisotopic (exact) mass is 125 g/mol. The largest absolute Gasteiger partial charge is 0.327 e. The summed E-state index contributed by atoms with van der Waals surface area (Å²) >= 11 is 0. The maximum absolute atomic E-state index is 5.88. The van der Waals surface area contributed by atoms with E-state index in [2.05, 4.69) is 13.8 Å². The Hall–Kier alpha value is -0.0400. The van der Waals surface area contributed by atoms with Crippen molar-refractivity contribution in [3.8, 4) is 0 Å². The molecule has 2 fully saturated rings. The lowest BCUT2D eigenvalue weighted by Gasteiger charge is -2.11. The number of hydrogen-bond donors (Lipinski definition) is 1. The van der Waals surface area contributed by atoms with Crippen molar-refractivity contribution in [2.45, 2.75) is 32.7 Å². The fraction of sp³-hybridized carbons (Fsp3) is 1.00. The summed E-state index contributed by atoms with van der Waals surface area (Å²) in [6, 6.07) is 0.508. The number of rotatable bonds is 0. The Morgan fingerprint density at radius 3 is 2.33 bits per heavy atom. The summed E-state index contributed by atoms with van der Waals surface area (Å²) in [5.74, 6) is 1.78. The van der Waals surface area contributed by atoms with Gasteiger partial charge in [-0.15, -0.1) is 0 Å². The zero-order valence-corrected chi connectivity index (χ0v) is 6.22. The molecule has 0 bridgehead atoms. The third-order valence-electron chi connectivity index (χ3n) is 3.43. The van der Waals surface area contributed by atoms with E-state index in [0.29, 0.717) is 11.5 Å². The smallest absolute Gasteiger partial charge is 0.00726 e. The van der Waals surface area contributed by atoms with Crippen LogP contribution in [0.5, 0.6) is 0 Å². The molecule has 52 valence electrons. The molecule has 0 radical (unpaired) electrons. The molecule has 0 amide bonds. The third kappa shape index (κ3) is 0.586. The van der Waals surface area contributed by atoms with Gasteiger partial charge < -0.3 is 5.73 Å². The molecule has 2 aliphatic carbocycles. The van der Waals surface area contributed by atoms with Gasteiger partial charge in [-0.05, 0) is 30.1 Å². The van der Waals surface area contributed by atoms with Crippen LogP contribution in [0, 0.1) is 17.3 Å². The van der Waals surface area contributed by atoms with Crippen molar-refractivity contribution < 1.29 is 0 Å². The van der Waals surface area contributed by atoms with Gasteiger partial charge in [-0.2, -0.15) is 0 Å². The topological polar surface area (TPSA) is 26.0 Å². The standard InChI is InChI=1S/C8H15N/c1-5-6-3-8(6,2)4-7(5)9/h5-7H,3-4,9H2,1-2H3. The zero-order valence-electron chi connectivity index (χ0n) is 6.22. The Kier molecular flexibility index (Phi) is 0.852. The molecule has 1 nitrogen and oxygen atoms in total. The van der Waals surface area contributed by atoms with Crippen molar-refractivity contribution in [1.29, 1.82) is 0 Å². The predicted octanol–water partition coefficient (Wildman–Crippen LogP) is 1.38. The Labute approximate surface area is 56.6 Å². The molecule has 0 aromatic carbocycles. The molecule has 2 N–H and O–H groups in total. The average Bonchev–Trinajstić information content (AvgIpc) is 2.34. The molecule has 0 aliphatic heterocycles. The summed E-state index contributed by atoms with van der Waals surface area (Å²) in [5, 5.41) is 0. The highest BCUT2D eigenvalue weighted by molar-refractivity contribution is 5.10. The van der Waals surface area contributed by atoms with Crippen molar-refractivity contribution in [3.63, 3.8) is 0 Å². The van der Waals surface area contributed by atoms with Gasteiger partial charge in [0.05, 0.1) is 0 Å². The second-order valence-corrected chi connectivity index (χ2v) is 4.19. The van der Waals surface area contributed by atoms with Crippen molar-refractivity contribution in [2.24, 2.45) is 23.0 Å². The summed E-state index contributed by atoms with van der Waals surface area (Å²) in [7, 11) is 0. The fourth-order valence-corrected chi connectivity index (χ4v) is 2.52. The van der Waals surface area contributed by atoms with Crippen LogP contribution in [0.3, 0.4) is 0 Å². The molecule has 0 aromatic rings. The van der Waals surface area contributed by atoms with Crippen LogP contribution in [-0.2, 0) is 0 Å². The Morgan fingerprint density at radius 1 is 1.44 bits per heavy atom. The lowest BCUT2D eigenvalue weighted by Crippen LogP contribution is -2.25. The molecule has 1 heteroatoms. The first kappa shape index (κ1) is 5.72. The van der Waals surface area contributed by atoms with Crippen LogP contribution >= 0.6 is 0 Å². The van der Waals surface area contributed by atoms with Crippen molar-refractivity contribution in [3.05, 3.63) is 0 Å². The van der Waals surface area contributed by atoms with E-state index in [0.717, 1.165) is 11.8 Å². The summed E-state index contributed by atoms with van der Waals surface area (Å²) < 4.78 is 0. The minimum atomic E-state index is 0.508. The van der Waals surface area contributed by atoms with Gasteiger partial charge >= 0.3 is 0 Å². The first-order valence-electron chi connectivity index (χ1n) is 3.89. The first-order valence-corrected chi connectivity index (χ1v) is 3.89. The second kappa shape index (κ2) is 1.34. The number of fused-ring (bicyclic) bond motifs is 1. The molecule has 4 atom stereocenters. The third-order valence-corrected chi connectivity index (χ3v) is 3.43. The molecule has 2 saturated carbocycles. The molecule has 0 saturated heterocycles. The van der Waals surface area contributed by atoms with E-state index < -0.39 is 0 Å². The molecule has 0 spiro atoms. The molecular weight excluding hydrogens is 110 g/mol. The Bertz CT molecular complexity index is 144. The van der Waals surface area contributed by atoms with E-state index in [1.807, 2.05) is 0 Å². The van der Waals surface area contributed by atoms with Crippen molar-refractivity contribution in [1.82, 2.24) is 0 Å². The maximum atomic E-state index is 5.88.